The molecule has 0 unspecified atom stereocenters. The third-order valence-electron chi connectivity index (χ3n) is 2.57. The number of rotatable bonds is 5. The molecular formula is C13H16O3. The van der Waals surface area contributed by atoms with E-state index in [1.807, 2.05) is 6.92 Å². The van der Waals surface area contributed by atoms with Crippen molar-refractivity contribution in [3.05, 3.63) is 34.9 Å². The van der Waals surface area contributed by atoms with Gasteiger partial charge in [0.15, 0.2) is 5.78 Å². The first-order valence-corrected chi connectivity index (χ1v) is 5.44. The average Bonchev–Trinajstić information content (AvgIpc) is 2.25. The number of benzene rings is 1. The third-order valence-corrected chi connectivity index (χ3v) is 2.57. The van der Waals surface area contributed by atoms with E-state index in [0.717, 1.165) is 12.8 Å². The quantitative estimate of drug-likeness (QED) is 0.776. The molecule has 1 N–H and O–H groups in total. The van der Waals surface area contributed by atoms with E-state index in [0.29, 0.717) is 17.5 Å². The van der Waals surface area contributed by atoms with Crippen LogP contribution in [0.3, 0.4) is 0 Å². The highest BCUT2D eigenvalue weighted by Crippen LogP contribution is 2.18. The fourth-order valence-electron chi connectivity index (χ4n) is 1.74. The molecule has 0 spiro atoms. The molecule has 16 heavy (non-hydrogen) atoms. The molecule has 0 saturated heterocycles. The highest BCUT2D eigenvalue weighted by atomic mass is 16.4. The Morgan fingerprint density at radius 2 is 1.88 bits per heavy atom. The van der Waals surface area contributed by atoms with E-state index < -0.39 is 5.97 Å². The van der Waals surface area contributed by atoms with Crippen LogP contribution < -0.4 is 0 Å². The van der Waals surface area contributed by atoms with Crippen LogP contribution in [-0.4, -0.2) is 16.9 Å². The van der Waals surface area contributed by atoms with Gasteiger partial charge in [-0.25, -0.2) is 4.79 Å². The van der Waals surface area contributed by atoms with Crippen LogP contribution >= 0.6 is 0 Å². The van der Waals surface area contributed by atoms with E-state index in [2.05, 4.69) is 0 Å². The molecule has 0 aliphatic carbocycles. The molecule has 0 saturated carbocycles. The first kappa shape index (κ1) is 12.4. The van der Waals surface area contributed by atoms with Gasteiger partial charge in [-0.2, -0.15) is 0 Å². The van der Waals surface area contributed by atoms with Gasteiger partial charge in [-0.1, -0.05) is 25.5 Å². The number of ketones is 1. The first-order chi connectivity index (χ1) is 7.57. The molecule has 1 rings (SSSR count). The van der Waals surface area contributed by atoms with Crippen molar-refractivity contribution in [2.24, 2.45) is 0 Å². The lowest BCUT2D eigenvalue weighted by Gasteiger charge is -2.09. The highest BCUT2D eigenvalue weighted by Gasteiger charge is 2.15. The Morgan fingerprint density at radius 3 is 2.38 bits per heavy atom. The molecule has 0 aromatic heterocycles. The van der Waals surface area contributed by atoms with Gasteiger partial charge in [-0.15, -0.1) is 0 Å². The van der Waals surface area contributed by atoms with Crippen LogP contribution in [0.15, 0.2) is 18.2 Å². The fraction of sp³-hybridized carbons (Fsp3) is 0.385. The molecule has 1 aromatic rings. The van der Waals surface area contributed by atoms with Crippen LogP contribution in [0.25, 0.3) is 0 Å². The van der Waals surface area contributed by atoms with Gasteiger partial charge in [0.25, 0.3) is 0 Å². The van der Waals surface area contributed by atoms with E-state index >= 15 is 0 Å². The molecule has 0 aliphatic heterocycles. The minimum atomic E-state index is -0.964. The van der Waals surface area contributed by atoms with Crippen molar-refractivity contribution in [2.45, 2.75) is 33.1 Å². The number of aromatic carboxylic acids is 1. The Morgan fingerprint density at radius 1 is 1.25 bits per heavy atom. The second-order valence-electron chi connectivity index (χ2n) is 3.80. The molecule has 0 radical (unpaired) electrons. The minimum absolute atomic E-state index is 0.0748. The van der Waals surface area contributed by atoms with Crippen molar-refractivity contribution >= 4 is 11.8 Å². The fourth-order valence-corrected chi connectivity index (χ4v) is 1.74. The molecule has 3 heteroatoms. The predicted octanol–water partition coefficient (Wildman–Crippen LogP) is 2.93. The van der Waals surface area contributed by atoms with Crippen LogP contribution in [0.2, 0.25) is 0 Å². The minimum Gasteiger partial charge on any atom is -0.478 e. The smallest absolute Gasteiger partial charge is 0.335 e. The van der Waals surface area contributed by atoms with E-state index in [4.69, 9.17) is 5.11 Å². The molecule has 0 aliphatic rings. The van der Waals surface area contributed by atoms with E-state index in [1.165, 1.54) is 6.92 Å². The van der Waals surface area contributed by atoms with Crippen molar-refractivity contribution < 1.29 is 14.7 Å². The van der Waals surface area contributed by atoms with Crippen LogP contribution in [0, 0.1) is 0 Å². The number of unbranched alkanes of at least 4 members (excludes halogenated alkanes) is 1. The van der Waals surface area contributed by atoms with Crippen molar-refractivity contribution in [3.8, 4) is 0 Å². The van der Waals surface area contributed by atoms with Gasteiger partial charge >= 0.3 is 5.97 Å². The largest absolute Gasteiger partial charge is 0.478 e. The van der Waals surface area contributed by atoms with Crippen molar-refractivity contribution in [2.75, 3.05) is 0 Å². The summed E-state index contributed by atoms with van der Waals surface area (Å²) in [4.78, 5) is 22.5. The summed E-state index contributed by atoms with van der Waals surface area (Å²) in [5.41, 5.74) is 1.46. The van der Waals surface area contributed by atoms with Crippen molar-refractivity contribution in [1.82, 2.24) is 0 Å². The summed E-state index contributed by atoms with van der Waals surface area (Å²) in [6.07, 6.45) is 2.52. The lowest BCUT2D eigenvalue weighted by atomic mass is 9.94. The molecule has 0 amide bonds. The van der Waals surface area contributed by atoms with Gasteiger partial charge in [-0.3, -0.25) is 4.79 Å². The van der Waals surface area contributed by atoms with E-state index in [-0.39, 0.29) is 11.3 Å². The average molecular weight is 220 g/mol. The van der Waals surface area contributed by atoms with Gasteiger partial charge in [0.2, 0.25) is 0 Å². The number of carbonyl (C=O) groups is 2. The summed E-state index contributed by atoms with van der Waals surface area (Å²) in [5, 5.41) is 9.06. The molecule has 1 aromatic carbocycles. The summed E-state index contributed by atoms with van der Waals surface area (Å²) in [7, 11) is 0. The maximum Gasteiger partial charge on any atom is 0.335 e. The van der Waals surface area contributed by atoms with Gasteiger partial charge in [0, 0.05) is 5.56 Å². The molecule has 86 valence electrons. The lowest BCUT2D eigenvalue weighted by molar-refractivity contribution is 0.0695. The number of carboxylic acids is 1. The van der Waals surface area contributed by atoms with Gasteiger partial charge in [0.05, 0.1) is 5.56 Å². The summed E-state index contributed by atoms with van der Waals surface area (Å²) in [5.74, 6) is -1.04. The maximum atomic E-state index is 11.4. The predicted molar refractivity (Wildman–Crippen MR) is 62.0 cm³/mol. The zero-order valence-corrected chi connectivity index (χ0v) is 9.62. The molecule has 0 atom stereocenters. The standard InChI is InChI=1S/C13H16O3/c1-3-4-6-11-10(9(2)14)7-5-8-12(11)13(15)16/h5,7-8H,3-4,6H2,1-2H3,(H,15,16). The second kappa shape index (κ2) is 5.45. The molecule has 0 bridgehead atoms. The van der Waals surface area contributed by atoms with Crippen LogP contribution in [0.5, 0.6) is 0 Å². The van der Waals surface area contributed by atoms with E-state index in [1.54, 1.807) is 18.2 Å². The Bertz CT molecular complexity index is 375. The Kier molecular flexibility index (Phi) is 4.23. The Hall–Kier alpha value is -1.64. The maximum absolute atomic E-state index is 11.4. The normalized spacial score (nSPS) is 10.1. The van der Waals surface area contributed by atoms with Crippen LogP contribution in [-0.2, 0) is 6.42 Å². The lowest BCUT2D eigenvalue weighted by Crippen LogP contribution is -2.08. The van der Waals surface area contributed by atoms with Gasteiger partial charge < -0.3 is 5.11 Å². The van der Waals surface area contributed by atoms with Crippen LogP contribution in [0.4, 0.5) is 0 Å². The first-order valence-electron chi connectivity index (χ1n) is 5.44. The van der Waals surface area contributed by atoms with Crippen molar-refractivity contribution in [1.29, 1.82) is 0 Å². The summed E-state index contributed by atoms with van der Waals surface area (Å²) in [6.45, 7) is 3.51. The summed E-state index contributed by atoms with van der Waals surface area (Å²) >= 11 is 0. The zero-order chi connectivity index (χ0) is 12.1. The number of hydrogen-bond donors (Lipinski definition) is 1. The van der Waals surface area contributed by atoms with E-state index in [9.17, 15) is 9.59 Å². The second-order valence-corrected chi connectivity index (χ2v) is 3.80. The number of Topliss-reactive ketones (excluding diaryl/α,β-unsaturated/α-hetero) is 1. The van der Waals surface area contributed by atoms with Gasteiger partial charge in [0.1, 0.15) is 0 Å². The van der Waals surface area contributed by atoms with Crippen LogP contribution in [0.1, 0.15) is 53.0 Å². The zero-order valence-electron chi connectivity index (χ0n) is 9.62. The number of hydrogen-bond acceptors (Lipinski definition) is 2. The summed E-state index contributed by atoms with van der Waals surface area (Å²) < 4.78 is 0. The molecule has 0 fully saturated rings. The molecular weight excluding hydrogens is 204 g/mol. The number of carboxylic acid groups (broad SMARTS) is 1. The van der Waals surface area contributed by atoms with Crippen molar-refractivity contribution in [3.63, 3.8) is 0 Å². The highest BCUT2D eigenvalue weighted by molar-refractivity contribution is 5.99. The van der Waals surface area contributed by atoms with Gasteiger partial charge in [-0.05, 0) is 31.4 Å². The third kappa shape index (κ3) is 2.69. The SMILES string of the molecule is CCCCc1c(C(C)=O)cccc1C(=O)O. The molecule has 0 heterocycles. The topological polar surface area (TPSA) is 54.4 Å². The summed E-state index contributed by atoms with van der Waals surface area (Å²) in [6, 6.07) is 4.87. The Balaban J connectivity index is 3.23. The number of carbonyl (C=O) groups excluding carboxylic acids is 1. The Labute approximate surface area is 95.1 Å². The monoisotopic (exact) mass is 220 g/mol. The molecule has 3 nitrogen and oxygen atoms in total.